The van der Waals surface area contributed by atoms with Crippen LogP contribution in [-0.4, -0.2) is 0 Å². The molecule has 0 heterocycles. The summed E-state index contributed by atoms with van der Waals surface area (Å²) in [5, 5.41) is 2.66. The fourth-order valence-corrected chi connectivity index (χ4v) is 1.07. The molecule has 2 rings (SSSR count). The Morgan fingerprint density at radius 1 is 0.846 bits per heavy atom. The molecule has 4 heteroatoms. The molecular weight excluding hydrogens is 265 g/mol. The Bertz CT molecular complexity index is 289. The number of benzene rings is 1. The van der Waals surface area contributed by atoms with Gasteiger partial charge in [0.2, 0.25) is 0 Å². The molecule has 0 saturated carbocycles. The Labute approximate surface area is 109 Å². The first-order valence-corrected chi connectivity index (χ1v) is 3.07. The summed E-state index contributed by atoms with van der Waals surface area (Å²) in [6, 6.07) is 14.7. The molecule has 2 aromatic carbocycles. The van der Waals surface area contributed by atoms with E-state index in [4.69, 9.17) is 0 Å². The number of hydrogen-bond acceptors (Lipinski definition) is 0. The summed E-state index contributed by atoms with van der Waals surface area (Å²) in [6.45, 7) is 0. The minimum absolute atomic E-state index is 0. The fraction of sp³-hybridized carbons (Fsp3) is 0. The van der Waals surface area contributed by atoms with Crippen LogP contribution in [0.1, 0.15) is 0 Å². The van der Waals surface area contributed by atoms with Gasteiger partial charge < -0.3 is 37.2 Å². The van der Waals surface area contributed by atoms with Crippen LogP contribution in [-0.2, 0) is 18.6 Å². The summed E-state index contributed by atoms with van der Waals surface area (Å²) in [6.07, 6.45) is 0. The van der Waals surface area contributed by atoms with Gasteiger partial charge in [0.15, 0.2) is 0 Å². The van der Waals surface area contributed by atoms with E-state index in [1.54, 1.807) is 0 Å². The van der Waals surface area contributed by atoms with Gasteiger partial charge in [-0.1, -0.05) is 6.07 Å². The van der Waals surface area contributed by atoms with Crippen LogP contribution < -0.4 is 37.2 Å². The minimum Gasteiger partial charge on any atom is -1.00 e. The molecule has 0 fully saturated rings. The molecule has 0 aliphatic heterocycles. The van der Waals surface area contributed by atoms with Crippen LogP contribution in [0.4, 0.5) is 0 Å². The Balaban J connectivity index is -0.000000250. The number of rotatable bonds is 0. The number of fused-ring (bicyclic) bond motifs is 1. The molecule has 0 saturated heterocycles. The first-order chi connectivity index (χ1) is 4.47. The van der Waals surface area contributed by atoms with Gasteiger partial charge in [-0.15, -0.1) is 29.7 Å². The zero-order valence-electron chi connectivity index (χ0n) is 6.62. The van der Waals surface area contributed by atoms with E-state index in [1.165, 1.54) is 10.8 Å². The van der Waals surface area contributed by atoms with Gasteiger partial charge >= 0.3 is 18.6 Å². The zero-order valence-corrected chi connectivity index (χ0v) is 10.3. The SMILES string of the molecule is [Cl-].[Cl-].[Cl-].[V+4].c1ccc2[cH-]ccc2c1. The van der Waals surface area contributed by atoms with Crippen LogP contribution in [0.25, 0.3) is 10.8 Å². The summed E-state index contributed by atoms with van der Waals surface area (Å²) >= 11 is 0. The van der Waals surface area contributed by atoms with E-state index in [0.29, 0.717) is 0 Å². The molecule has 0 aliphatic carbocycles. The van der Waals surface area contributed by atoms with E-state index in [1.807, 2.05) is 0 Å². The quantitative estimate of drug-likeness (QED) is 0.419. The monoisotopic (exact) mass is 271 g/mol. The summed E-state index contributed by atoms with van der Waals surface area (Å²) < 4.78 is 0. The van der Waals surface area contributed by atoms with Gasteiger partial charge in [0.05, 0.1) is 0 Å². The molecule has 0 amide bonds. The third kappa shape index (κ3) is 4.35. The standard InChI is InChI=1S/C9H7.3ClH.V/c1-2-5-9-7-3-6-8(9)4-1;;;;/h1-7H;3*1H;/q-1;;;;+4/p-3. The maximum absolute atomic E-state index is 2.12. The molecule has 0 spiro atoms. The van der Waals surface area contributed by atoms with Crippen LogP contribution in [0.3, 0.4) is 0 Å². The van der Waals surface area contributed by atoms with Crippen molar-refractivity contribution < 1.29 is 55.8 Å². The predicted molar refractivity (Wildman–Crippen MR) is 39.5 cm³/mol. The van der Waals surface area contributed by atoms with Crippen LogP contribution in [0, 0.1) is 0 Å². The van der Waals surface area contributed by atoms with E-state index < -0.39 is 0 Å². The third-order valence-electron chi connectivity index (χ3n) is 1.55. The van der Waals surface area contributed by atoms with E-state index >= 15 is 0 Å². The fourth-order valence-electron chi connectivity index (χ4n) is 1.07. The average Bonchev–Trinajstić information content (AvgIpc) is 2.33. The summed E-state index contributed by atoms with van der Waals surface area (Å²) in [5.41, 5.74) is 0. The van der Waals surface area contributed by atoms with Gasteiger partial charge in [-0.2, -0.15) is 17.5 Å². The Morgan fingerprint density at radius 2 is 1.46 bits per heavy atom. The Morgan fingerprint density at radius 3 is 2.08 bits per heavy atom. The van der Waals surface area contributed by atoms with Gasteiger partial charge in [0.1, 0.15) is 0 Å². The van der Waals surface area contributed by atoms with Crippen molar-refractivity contribution in [3.05, 3.63) is 42.5 Å². The van der Waals surface area contributed by atoms with Gasteiger partial charge in [-0.05, 0) is 0 Å². The van der Waals surface area contributed by atoms with Crippen molar-refractivity contribution in [1.29, 1.82) is 0 Å². The van der Waals surface area contributed by atoms with Gasteiger partial charge in [-0.25, -0.2) is 0 Å². The normalized spacial score (nSPS) is 7.08. The van der Waals surface area contributed by atoms with E-state index in [9.17, 15) is 0 Å². The van der Waals surface area contributed by atoms with Gasteiger partial charge in [-0.3, -0.25) is 0 Å². The van der Waals surface area contributed by atoms with Crippen molar-refractivity contribution >= 4 is 10.8 Å². The van der Waals surface area contributed by atoms with Gasteiger partial charge in [0, 0.05) is 0 Å². The van der Waals surface area contributed by atoms with Crippen LogP contribution in [0.2, 0.25) is 0 Å². The van der Waals surface area contributed by atoms with Crippen molar-refractivity contribution in [2.75, 3.05) is 0 Å². The van der Waals surface area contributed by atoms with Crippen molar-refractivity contribution in [2.45, 2.75) is 0 Å². The van der Waals surface area contributed by atoms with E-state index in [-0.39, 0.29) is 55.8 Å². The third-order valence-corrected chi connectivity index (χ3v) is 1.55. The van der Waals surface area contributed by atoms with Crippen LogP contribution >= 0.6 is 0 Å². The van der Waals surface area contributed by atoms with E-state index in [0.717, 1.165) is 0 Å². The molecule has 0 aromatic heterocycles. The molecule has 0 atom stereocenters. The maximum atomic E-state index is 2.12. The second-order valence-corrected chi connectivity index (χ2v) is 2.15. The predicted octanol–water partition coefficient (Wildman–Crippen LogP) is -6.43. The van der Waals surface area contributed by atoms with Crippen molar-refractivity contribution in [2.24, 2.45) is 0 Å². The van der Waals surface area contributed by atoms with E-state index in [2.05, 4.69) is 42.5 Å². The minimum atomic E-state index is 0. The molecule has 1 radical (unpaired) electrons. The summed E-state index contributed by atoms with van der Waals surface area (Å²) in [7, 11) is 0. The summed E-state index contributed by atoms with van der Waals surface area (Å²) in [4.78, 5) is 0. The molecule has 0 bridgehead atoms. The Kier molecular flexibility index (Phi) is 12.9. The number of halogens is 3. The topological polar surface area (TPSA) is 0 Å². The van der Waals surface area contributed by atoms with Crippen LogP contribution in [0.5, 0.6) is 0 Å². The maximum Gasteiger partial charge on any atom is 4.00 e. The zero-order chi connectivity index (χ0) is 6.10. The second-order valence-electron chi connectivity index (χ2n) is 2.15. The Hall–Kier alpha value is 0.284. The molecule has 0 unspecified atom stereocenters. The molecule has 2 aromatic rings. The molecule has 0 aliphatic rings. The van der Waals surface area contributed by atoms with Crippen molar-refractivity contribution in [1.82, 2.24) is 0 Å². The smallest absolute Gasteiger partial charge is 1.00 e. The van der Waals surface area contributed by atoms with Crippen molar-refractivity contribution in [3.8, 4) is 0 Å². The van der Waals surface area contributed by atoms with Gasteiger partial charge in [0.25, 0.3) is 0 Å². The average molecular weight is 272 g/mol. The number of hydrogen-bond donors (Lipinski definition) is 0. The summed E-state index contributed by atoms with van der Waals surface area (Å²) in [5.74, 6) is 0. The largest absolute Gasteiger partial charge is 4.00 e. The van der Waals surface area contributed by atoms with Crippen LogP contribution in [0.15, 0.2) is 42.5 Å². The molecule has 0 nitrogen and oxygen atoms in total. The molecular formula is C9H7Cl3V. The molecule has 0 N–H and O–H groups in total. The molecule has 69 valence electrons. The van der Waals surface area contributed by atoms with Crippen molar-refractivity contribution in [3.63, 3.8) is 0 Å². The molecule has 13 heavy (non-hydrogen) atoms. The first kappa shape index (κ1) is 19.0. The second kappa shape index (κ2) is 8.86. The first-order valence-electron chi connectivity index (χ1n) is 3.07.